The van der Waals surface area contributed by atoms with E-state index >= 15 is 0 Å². The SMILES string of the molecule is O=C(N/N=C/c1cc2ccccc2[nH]c1=O)c1ccccc1OCc1ccc(Cl)cc1. The molecule has 0 aliphatic carbocycles. The summed E-state index contributed by atoms with van der Waals surface area (Å²) in [6.45, 7) is 0.289. The highest BCUT2D eigenvalue weighted by Gasteiger charge is 2.11. The quantitative estimate of drug-likeness (QED) is 0.347. The number of hydrazone groups is 1. The number of nitrogens with zero attached hydrogens (tertiary/aromatic N) is 1. The molecule has 0 bridgehead atoms. The summed E-state index contributed by atoms with van der Waals surface area (Å²) < 4.78 is 5.81. The maximum absolute atomic E-state index is 12.6. The zero-order valence-corrected chi connectivity index (χ0v) is 17.1. The summed E-state index contributed by atoms with van der Waals surface area (Å²) in [4.78, 5) is 27.6. The van der Waals surface area contributed by atoms with Crippen molar-refractivity contribution in [3.8, 4) is 5.75 Å². The van der Waals surface area contributed by atoms with Crippen LogP contribution in [0.3, 0.4) is 0 Å². The van der Waals surface area contributed by atoms with Crippen molar-refractivity contribution >= 4 is 34.6 Å². The van der Waals surface area contributed by atoms with Gasteiger partial charge in [0.05, 0.1) is 17.3 Å². The van der Waals surface area contributed by atoms with Gasteiger partial charge in [0.15, 0.2) is 0 Å². The number of hydrogen-bond donors (Lipinski definition) is 2. The fraction of sp³-hybridized carbons (Fsp3) is 0.0417. The van der Waals surface area contributed by atoms with Crippen molar-refractivity contribution in [2.75, 3.05) is 0 Å². The summed E-state index contributed by atoms with van der Waals surface area (Å²) in [5.74, 6) is -0.0196. The van der Waals surface area contributed by atoms with Crippen molar-refractivity contribution in [2.24, 2.45) is 5.10 Å². The van der Waals surface area contributed by atoms with E-state index in [0.717, 1.165) is 16.5 Å². The van der Waals surface area contributed by atoms with Gasteiger partial charge in [-0.15, -0.1) is 0 Å². The molecule has 31 heavy (non-hydrogen) atoms. The highest BCUT2D eigenvalue weighted by molar-refractivity contribution is 6.30. The average Bonchev–Trinajstić information content (AvgIpc) is 2.79. The topological polar surface area (TPSA) is 83.5 Å². The fourth-order valence-electron chi connectivity index (χ4n) is 3.00. The molecule has 3 aromatic carbocycles. The molecule has 4 rings (SSSR count). The largest absolute Gasteiger partial charge is 0.488 e. The molecule has 0 spiro atoms. The molecule has 6 nitrogen and oxygen atoms in total. The number of para-hydroxylation sites is 2. The first-order valence-corrected chi connectivity index (χ1v) is 9.90. The Kier molecular flexibility index (Phi) is 6.10. The monoisotopic (exact) mass is 431 g/mol. The first kappa shape index (κ1) is 20.4. The van der Waals surface area contributed by atoms with E-state index in [0.29, 0.717) is 21.9 Å². The first-order valence-electron chi connectivity index (χ1n) is 9.52. The lowest BCUT2D eigenvalue weighted by Gasteiger charge is -2.10. The summed E-state index contributed by atoms with van der Waals surface area (Å²) in [6.07, 6.45) is 1.32. The fourth-order valence-corrected chi connectivity index (χ4v) is 3.13. The third-order valence-electron chi connectivity index (χ3n) is 4.59. The van der Waals surface area contributed by atoms with E-state index in [1.807, 2.05) is 36.4 Å². The zero-order valence-electron chi connectivity index (χ0n) is 16.3. The number of H-pyrrole nitrogens is 1. The summed E-state index contributed by atoms with van der Waals surface area (Å²) in [6, 6.07) is 23.3. The lowest BCUT2D eigenvalue weighted by atomic mass is 10.2. The summed E-state index contributed by atoms with van der Waals surface area (Å²) in [5.41, 5.74) is 4.49. The number of aromatic amines is 1. The van der Waals surface area contributed by atoms with Gasteiger partial charge in [0.25, 0.3) is 11.5 Å². The number of carbonyl (C=O) groups excluding carboxylic acids is 1. The van der Waals surface area contributed by atoms with E-state index in [4.69, 9.17) is 16.3 Å². The third-order valence-corrected chi connectivity index (χ3v) is 4.84. The standard InChI is InChI=1S/C24H18ClN3O3/c25-19-11-9-16(10-12-19)15-31-22-8-4-2-6-20(22)24(30)28-26-14-18-13-17-5-1-3-7-21(17)27-23(18)29/h1-14H,15H2,(H,27,29)(H,28,30)/b26-14+. The highest BCUT2D eigenvalue weighted by Crippen LogP contribution is 2.20. The van der Waals surface area contributed by atoms with E-state index in [-0.39, 0.29) is 12.2 Å². The Morgan fingerprint density at radius 2 is 1.77 bits per heavy atom. The average molecular weight is 432 g/mol. The second kappa shape index (κ2) is 9.28. The maximum Gasteiger partial charge on any atom is 0.275 e. The van der Waals surface area contributed by atoms with Gasteiger partial charge in [0.1, 0.15) is 12.4 Å². The second-order valence-corrected chi connectivity index (χ2v) is 7.19. The number of aromatic nitrogens is 1. The van der Waals surface area contributed by atoms with Crippen LogP contribution in [0.2, 0.25) is 5.02 Å². The van der Waals surface area contributed by atoms with Gasteiger partial charge in [-0.3, -0.25) is 9.59 Å². The van der Waals surface area contributed by atoms with Crippen LogP contribution in [0.4, 0.5) is 0 Å². The first-order chi connectivity index (χ1) is 15.1. The lowest BCUT2D eigenvalue weighted by molar-refractivity contribution is 0.0950. The molecule has 0 saturated heterocycles. The second-order valence-electron chi connectivity index (χ2n) is 6.75. The van der Waals surface area contributed by atoms with Crippen LogP contribution in [0.25, 0.3) is 10.9 Å². The number of halogens is 1. The van der Waals surface area contributed by atoms with Gasteiger partial charge in [0, 0.05) is 10.5 Å². The molecule has 1 heterocycles. The molecule has 0 aliphatic rings. The van der Waals surface area contributed by atoms with Crippen LogP contribution in [-0.2, 0) is 6.61 Å². The summed E-state index contributed by atoms with van der Waals surface area (Å²) in [7, 11) is 0. The molecule has 1 aromatic heterocycles. The van der Waals surface area contributed by atoms with Crippen molar-refractivity contribution in [1.82, 2.24) is 10.4 Å². The molecule has 2 N–H and O–H groups in total. The van der Waals surface area contributed by atoms with Crippen molar-refractivity contribution in [3.05, 3.63) is 111 Å². The van der Waals surface area contributed by atoms with Crippen LogP contribution in [0.15, 0.2) is 88.8 Å². The molecule has 0 unspecified atom stereocenters. The van der Waals surface area contributed by atoms with Crippen molar-refractivity contribution < 1.29 is 9.53 Å². The number of rotatable bonds is 6. The number of hydrogen-bond acceptors (Lipinski definition) is 4. The Bertz CT molecular complexity index is 1310. The Labute approximate surface area is 183 Å². The molecule has 1 amide bonds. The van der Waals surface area contributed by atoms with E-state index in [9.17, 15) is 9.59 Å². The number of benzene rings is 3. The van der Waals surface area contributed by atoms with Gasteiger partial charge in [0.2, 0.25) is 0 Å². The number of carbonyl (C=O) groups is 1. The van der Waals surface area contributed by atoms with Crippen molar-refractivity contribution in [3.63, 3.8) is 0 Å². The van der Waals surface area contributed by atoms with E-state index < -0.39 is 5.91 Å². The predicted octanol–water partition coefficient (Wildman–Crippen LogP) is 4.52. The van der Waals surface area contributed by atoms with E-state index in [1.54, 1.807) is 42.5 Å². The van der Waals surface area contributed by atoms with Crippen LogP contribution in [0.5, 0.6) is 5.75 Å². The van der Waals surface area contributed by atoms with Crippen molar-refractivity contribution in [1.29, 1.82) is 0 Å². The predicted molar refractivity (Wildman–Crippen MR) is 122 cm³/mol. The minimum Gasteiger partial charge on any atom is -0.488 e. The van der Waals surface area contributed by atoms with Gasteiger partial charge in [-0.05, 0) is 47.3 Å². The van der Waals surface area contributed by atoms with Crippen LogP contribution >= 0.6 is 11.6 Å². The number of pyridine rings is 1. The van der Waals surface area contributed by atoms with Crippen molar-refractivity contribution in [2.45, 2.75) is 6.61 Å². The normalized spacial score (nSPS) is 11.0. The highest BCUT2D eigenvalue weighted by atomic mass is 35.5. The van der Waals surface area contributed by atoms with Gasteiger partial charge < -0.3 is 9.72 Å². The maximum atomic E-state index is 12.6. The number of ether oxygens (including phenoxy) is 1. The Morgan fingerprint density at radius 1 is 1.03 bits per heavy atom. The zero-order chi connectivity index (χ0) is 21.6. The molecule has 0 fully saturated rings. The number of fused-ring (bicyclic) bond motifs is 1. The molecular formula is C24H18ClN3O3. The van der Waals surface area contributed by atoms with E-state index in [2.05, 4.69) is 15.5 Å². The van der Waals surface area contributed by atoms with Gasteiger partial charge in [-0.2, -0.15) is 5.10 Å². The molecule has 0 radical (unpaired) electrons. The molecule has 0 saturated carbocycles. The minimum absolute atomic E-state index is 0.289. The van der Waals surface area contributed by atoms with Gasteiger partial charge in [-0.1, -0.05) is 54.1 Å². The van der Waals surface area contributed by atoms with Crippen LogP contribution in [0, 0.1) is 0 Å². The molecule has 4 aromatic rings. The summed E-state index contributed by atoms with van der Waals surface area (Å²) >= 11 is 5.90. The minimum atomic E-state index is -0.444. The Hall–Kier alpha value is -3.90. The van der Waals surface area contributed by atoms with Crippen LogP contribution in [0.1, 0.15) is 21.5 Å². The summed E-state index contributed by atoms with van der Waals surface area (Å²) in [5, 5.41) is 5.46. The molecule has 154 valence electrons. The van der Waals surface area contributed by atoms with E-state index in [1.165, 1.54) is 6.21 Å². The molecule has 0 atom stereocenters. The third kappa shape index (κ3) is 4.99. The lowest BCUT2D eigenvalue weighted by Crippen LogP contribution is -2.20. The van der Waals surface area contributed by atoms with Crippen LogP contribution in [-0.4, -0.2) is 17.1 Å². The van der Waals surface area contributed by atoms with Gasteiger partial charge in [-0.25, -0.2) is 5.43 Å². The smallest absolute Gasteiger partial charge is 0.275 e. The van der Waals surface area contributed by atoms with Crippen LogP contribution < -0.4 is 15.7 Å². The number of amides is 1. The molecular weight excluding hydrogens is 414 g/mol. The molecule has 0 aliphatic heterocycles. The number of nitrogens with one attached hydrogen (secondary N) is 2. The molecule has 7 heteroatoms. The Morgan fingerprint density at radius 3 is 2.61 bits per heavy atom. The Balaban J connectivity index is 1.46. The van der Waals surface area contributed by atoms with Gasteiger partial charge >= 0.3 is 0 Å².